The van der Waals surface area contributed by atoms with E-state index in [9.17, 15) is 9.90 Å². The fourth-order valence-electron chi connectivity index (χ4n) is 8.71. The van der Waals surface area contributed by atoms with E-state index in [4.69, 9.17) is 4.74 Å². The van der Waals surface area contributed by atoms with Crippen molar-refractivity contribution in [3.63, 3.8) is 0 Å². The highest BCUT2D eigenvalue weighted by Gasteiger charge is 2.66. The van der Waals surface area contributed by atoms with Crippen molar-refractivity contribution < 1.29 is 14.6 Å². The minimum absolute atomic E-state index is 0.0302. The monoisotopic (exact) mass is 412 g/mol. The Bertz CT molecular complexity index is 766. The minimum Gasteiger partial charge on any atom is -0.367 e. The summed E-state index contributed by atoms with van der Waals surface area (Å²) in [5.41, 5.74) is 1.34. The lowest BCUT2D eigenvalue weighted by molar-refractivity contribution is -0.295. The van der Waals surface area contributed by atoms with Gasteiger partial charge in [0.15, 0.2) is 12.1 Å². The second-order valence-corrected chi connectivity index (χ2v) is 11.8. The number of hydrogen-bond donors (Lipinski definition) is 1. The van der Waals surface area contributed by atoms with Crippen molar-refractivity contribution in [3.05, 3.63) is 23.8 Å². The van der Waals surface area contributed by atoms with E-state index < -0.39 is 6.29 Å². The average Bonchev–Trinajstić information content (AvgIpc) is 3.12. The Hall–Kier alpha value is -0.930. The van der Waals surface area contributed by atoms with Crippen molar-refractivity contribution in [2.75, 3.05) is 0 Å². The maximum atomic E-state index is 12.0. The van der Waals surface area contributed by atoms with Crippen LogP contribution in [0.4, 0.5) is 0 Å². The molecule has 0 bridgehead atoms. The molecule has 1 saturated heterocycles. The molecule has 3 nitrogen and oxygen atoms in total. The lowest BCUT2D eigenvalue weighted by atomic mass is 9.46. The van der Waals surface area contributed by atoms with E-state index in [1.54, 1.807) is 6.08 Å². The molecule has 0 aromatic heterocycles. The third kappa shape index (κ3) is 2.87. The predicted octanol–water partition coefficient (Wildman–Crippen LogP) is 5.68. The summed E-state index contributed by atoms with van der Waals surface area (Å²) in [6.45, 7) is 9.31. The third-order valence-electron chi connectivity index (χ3n) is 10.2. The molecule has 9 atom stereocenters. The van der Waals surface area contributed by atoms with Gasteiger partial charge in [0.1, 0.15) is 0 Å². The van der Waals surface area contributed by atoms with Gasteiger partial charge in [-0.25, -0.2) is 0 Å². The molecule has 4 aliphatic carbocycles. The summed E-state index contributed by atoms with van der Waals surface area (Å²) in [5.74, 6) is 3.77. The molecule has 9 unspecified atom stereocenters. The van der Waals surface area contributed by atoms with Crippen molar-refractivity contribution in [1.29, 1.82) is 0 Å². The summed E-state index contributed by atoms with van der Waals surface area (Å²) in [4.78, 5) is 12.0. The zero-order chi connectivity index (χ0) is 21.3. The molecule has 0 radical (unpaired) electrons. The lowest BCUT2D eigenvalue weighted by Gasteiger charge is -2.61. The van der Waals surface area contributed by atoms with Crippen LogP contribution in [0, 0.1) is 46.3 Å². The quantitative estimate of drug-likeness (QED) is 0.649. The van der Waals surface area contributed by atoms with Gasteiger partial charge in [-0.1, -0.05) is 39.3 Å². The van der Waals surface area contributed by atoms with Crippen LogP contribution in [0.5, 0.6) is 0 Å². The van der Waals surface area contributed by atoms with Gasteiger partial charge in [-0.05, 0) is 99.0 Å². The van der Waals surface area contributed by atoms with Crippen molar-refractivity contribution in [2.24, 2.45) is 46.3 Å². The van der Waals surface area contributed by atoms with Crippen LogP contribution in [0.3, 0.4) is 0 Å². The van der Waals surface area contributed by atoms with Gasteiger partial charge in [-0.2, -0.15) is 0 Å². The van der Waals surface area contributed by atoms with Crippen molar-refractivity contribution in [1.82, 2.24) is 0 Å². The Kier molecular flexibility index (Phi) is 5.10. The maximum Gasteiger partial charge on any atom is 0.178 e. The molecule has 5 rings (SSSR count). The predicted molar refractivity (Wildman–Crippen MR) is 119 cm³/mol. The zero-order valence-electron chi connectivity index (χ0n) is 19.3. The summed E-state index contributed by atoms with van der Waals surface area (Å²) in [7, 11) is 0. The van der Waals surface area contributed by atoms with Crippen LogP contribution in [0.25, 0.3) is 0 Å². The standard InChI is InChI=1S/C27H40O3/c1-16(2)5-10-24-17(3)21-8-9-23-20-7-6-18-15-19(28)11-13-26(18,4)22(20)12-14-27(21,23)25(29)30-24/h11,13,15-17,20-25,29H,5-10,12,14H2,1-4H3. The van der Waals surface area contributed by atoms with Crippen LogP contribution in [0.1, 0.15) is 79.1 Å². The summed E-state index contributed by atoms with van der Waals surface area (Å²) in [6, 6.07) is 0. The molecule has 3 saturated carbocycles. The molecule has 1 spiro atoms. The van der Waals surface area contributed by atoms with Crippen LogP contribution in [-0.4, -0.2) is 23.3 Å². The molecule has 30 heavy (non-hydrogen) atoms. The topological polar surface area (TPSA) is 46.5 Å². The number of aliphatic hydroxyl groups is 1. The molecule has 4 fully saturated rings. The lowest BCUT2D eigenvalue weighted by Crippen LogP contribution is -2.60. The molecule has 166 valence electrons. The van der Waals surface area contributed by atoms with E-state index in [0.29, 0.717) is 35.5 Å². The van der Waals surface area contributed by atoms with Crippen molar-refractivity contribution in [2.45, 2.75) is 91.5 Å². The smallest absolute Gasteiger partial charge is 0.178 e. The number of carbonyl (C=O) groups is 1. The number of rotatable bonds is 3. The van der Waals surface area contributed by atoms with Gasteiger partial charge < -0.3 is 9.84 Å². The van der Waals surface area contributed by atoms with Crippen LogP contribution in [0.2, 0.25) is 0 Å². The molecule has 1 aliphatic heterocycles. The Morgan fingerprint density at radius 1 is 1.17 bits per heavy atom. The van der Waals surface area contributed by atoms with Crippen molar-refractivity contribution >= 4 is 5.78 Å². The van der Waals surface area contributed by atoms with Crippen LogP contribution >= 0.6 is 0 Å². The maximum absolute atomic E-state index is 12.0. The first-order chi connectivity index (χ1) is 14.3. The average molecular weight is 413 g/mol. The van der Waals surface area contributed by atoms with Crippen molar-refractivity contribution in [3.8, 4) is 0 Å². The van der Waals surface area contributed by atoms with E-state index in [0.717, 1.165) is 25.7 Å². The molecule has 1 N–H and O–H groups in total. The van der Waals surface area contributed by atoms with Crippen LogP contribution in [0.15, 0.2) is 23.8 Å². The second-order valence-electron chi connectivity index (χ2n) is 11.8. The van der Waals surface area contributed by atoms with E-state index >= 15 is 0 Å². The minimum atomic E-state index is -0.600. The number of ether oxygens (including phenoxy) is 1. The molecule has 0 aromatic rings. The van der Waals surface area contributed by atoms with E-state index in [1.165, 1.54) is 31.3 Å². The summed E-state index contributed by atoms with van der Waals surface area (Å²) in [5, 5.41) is 11.4. The molecule has 5 aliphatic rings. The third-order valence-corrected chi connectivity index (χ3v) is 10.2. The van der Waals surface area contributed by atoms with Gasteiger partial charge in [0.05, 0.1) is 6.10 Å². The Morgan fingerprint density at radius 2 is 1.93 bits per heavy atom. The van der Waals surface area contributed by atoms with Gasteiger partial charge in [-0.3, -0.25) is 4.79 Å². The highest BCUT2D eigenvalue weighted by Crippen LogP contribution is 2.69. The Morgan fingerprint density at radius 3 is 2.70 bits per heavy atom. The normalized spacial score (nSPS) is 49.9. The number of allylic oxidation sites excluding steroid dienone is 4. The zero-order valence-corrected chi connectivity index (χ0v) is 19.3. The Labute approximate surface area is 182 Å². The summed E-state index contributed by atoms with van der Waals surface area (Å²) >= 11 is 0. The number of aliphatic hydroxyl groups excluding tert-OH is 1. The van der Waals surface area contributed by atoms with Gasteiger partial charge in [0.2, 0.25) is 0 Å². The SMILES string of the molecule is CC(C)CCC1OC(O)C23CCC4C(CCC5=CC(=O)C=CC54C)C2CCC3C1C. The Balaban J connectivity index is 1.42. The first-order valence-electron chi connectivity index (χ1n) is 12.5. The number of hydrogen-bond acceptors (Lipinski definition) is 3. The van der Waals surface area contributed by atoms with Gasteiger partial charge in [0, 0.05) is 10.8 Å². The van der Waals surface area contributed by atoms with E-state index in [2.05, 4.69) is 33.8 Å². The highest BCUT2D eigenvalue weighted by molar-refractivity contribution is 6.01. The summed E-state index contributed by atoms with van der Waals surface area (Å²) in [6.07, 6.45) is 14.7. The molecular weight excluding hydrogens is 372 g/mol. The molecule has 0 amide bonds. The first-order valence-corrected chi connectivity index (χ1v) is 12.5. The number of fused-ring (bicyclic) bond motifs is 4. The second kappa shape index (κ2) is 7.30. The molecule has 3 heteroatoms. The van der Waals surface area contributed by atoms with E-state index in [1.807, 2.05) is 6.08 Å². The molecule has 1 heterocycles. The van der Waals surface area contributed by atoms with E-state index in [-0.39, 0.29) is 22.7 Å². The van der Waals surface area contributed by atoms with Crippen LogP contribution in [-0.2, 0) is 9.53 Å². The van der Waals surface area contributed by atoms with Gasteiger partial charge >= 0.3 is 0 Å². The fraction of sp³-hybridized carbons (Fsp3) is 0.815. The summed E-state index contributed by atoms with van der Waals surface area (Å²) < 4.78 is 6.43. The largest absolute Gasteiger partial charge is 0.367 e. The number of ketones is 1. The fourth-order valence-corrected chi connectivity index (χ4v) is 8.71. The number of carbonyl (C=O) groups excluding carboxylic acids is 1. The highest BCUT2D eigenvalue weighted by atomic mass is 16.6. The molecule has 0 aromatic carbocycles. The first kappa shape index (κ1) is 20.9. The van der Waals surface area contributed by atoms with Gasteiger partial charge in [0.25, 0.3) is 0 Å². The molecular formula is C27H40O3. The van der Waals surface area contributed by atoms with Gasteiger partial charge in [-0.15, -0.1) is 0 Å². The van der Waals surface area contributed by atoms with Crippen LogP contribution < -0.4 is 0 Å².